The molecule has 0 spiro atoms. The van der Waals surface area contributed by atoms with Crippen molar-refractivity contribution in [1.82, 2.24) is 9.38 Å². The molecule has 1 saturated carbocycles. The Hall–Kier alpha value is -1.68. The molecule has 82 valence electrons. The lowest BCUT2D eigenvalue weighted by Crippen LogP contribution is -2.17. The van der Waals surface area contributed by atoms with E-state index in [4.69, 9.17) is 5.73 Å². The third kappa shape index (κ3) is 1.34. The zero-order chi connectivity index (χ0) is 11.1. The number of pyridine rings is 1. The van der Waals surface area contributed by atoms with Crippen LogP contribution in [0.3, 0.4) is 0 Å². The number of ketones is 1. The number of carbonyl (C=O) groups excluding carboxylic acids is 1. The van der Waals surface area contributed by atoms with Crippen LogP contribution in [0.15, 0.2) is 24.4 Å². The highest BCUT2D eigenvalue weighted by atomic mass is 16.1. The van der Waals surface area contributed by atoms with E-state index in [1.165, 1.54) is 12.8 Å². The minimum atomic E-state index is -0.0366. The van der Waals surface area contributed by atoms with Gasteiger partial charge < -0.3 is 5.73 Å². The van der Waals surface area contributed by atoms with E-state index in [9.17, 15) is 4.79 Å². The average Bonchev–Trinajstić information content (AvgIpc) is 3.07. The van der Waals surface area contributed by atoms with Crippen LogP contribution in [0.5, 0.6) is 0 Å². The second kappa shape index (κ2) is 3.42. The van der Waals surface area contributed by atoms with Gasteiger partial charge in [0.15, 0.2) is 5.78 Å². The van der Waals surface area contributed by atoms with Gasteiger partial charge in [0.25, 0.3) is 0 Å². The Labute approximate surface area is 93.1 Å². The molecule has 0 amide bonds. The predicted molar refractivity (Wildman–Crippen MR) is 60.6 cm³/mol. The van der Waals surface area contributed by atoms with Crippen molar-refractivity contribution in [2.45, 2.75) is 18.8 Å². The lowest BCUT2D eigenvalue weighted by molar-refractivity contribution is 0.0995. The van der Waals surface area contributed by atoms with E-state index in [2.05, 4.69) is 4.98 Å². The Bertz CT molecular complexity index is 554. The molecule has 1 fully saturated rings. The zero-order valence-corrected chi connectivity index (χ0v) is 8.89. The summed E-state index contributed by atoms with van der Waals surface area (Å²) < 4.78 is 1.95. The molecule has 0 aromatic carbocycles. The van der Waals surface area contributed by atoms with Gasteiger partial charge in [-0.15, -0.1) is 0 Å². The summed E-state index contributed by atoms with van der Waals surface area (Å²) in [6.45, 7) is 0.0431. The first kappa shape index (κ1) is 9.54. The van der Waals surface area contributed by atoms with Crippen molar-refractivity contribution in [2.75, 3.05) is 6.54 Å². The molecule has 0 saturated heterocycles. The Morgan fingerprint density at radius 3 is 3.00 bits per heavy atom. The molecular formula is C12H13N3O. The largest absolute Gasteiger partial charge is 0.324 e. The summed E-state index contributed by atoms with van der Waals surface area (Å²) in [7, 11) is 0. The number of imidazole rings is 1. The minimum Gasteiger partial charge on any atom is -0.324 e. The Morgan fingerprint density at radius 1 is 1.50 bits per heavy atom. The maximum atomic E-state index is 11.7. The SMILES string of the molecule is NCC(=O)c1cccc2cnc(C3CC3)n12. The van der Waals surface area contributed by atoms with Gasteiger partial charge in [0.2, 0.25) is 0 Å². The van der Waals surface area contributed by atoms with Gasteiger partial charge in [-0.25, -0.2) is 4.98 Å². The highest BCUT2D eigenvalue weighted by Crippen LogP contribution is 2.39. The number of aromatic nitrogens is 2. The van der Waals surface area contributed by atoms with Crippen LogP contribution in [0.4, 0.5) is 0 Å². The summed E-state index contributed by atoms with van der Waals surface area (Å²) in [5.74, 6) is 1.49. The topological polar surface area (TPSA) is 60.4 Å². The van der Waals surface area contributed by atoms with Crippen LogP contribution in [0.2, 0.25) is 0 Å². The standard InChI is InChI=1S/C12H13N3O/c13-6-11(16)10-3-1-2-9-7-14-12(15(9)10)8-4-5-8/h1-3,7-8H,4-6,13H2. The second-order valence-electron chi connectivity index (χ2n) is 4.19. The molecule has 2 aromatic rings. The minimum absolute atomic E-state index is 0.0366. The molecule has 4 heteroatoms. The number of nitrogens with zero attached hydrogens (tertiary/aromatic N) is 2. The van der Waals surface area contributed by atoms with Gasteiger partial charge in [-0.3, -0.25) is 9.20 Å². The van der Waals surface area contributed by atoms with E-state index in [0.29, 0.717) is 11.6 Å². The van der Waals surface area contributed by atoms with Gasteiger partial charge in [-0.05, 0) is 25.0 Å². The Morgan fingerprint density at radius 2 is 2.31 bits per heavy atom. The third-order valence-electron chi connectivity index (χ3n) is 2.99. The number of fused-ring (bicyclic) bond motifs is 1. The summed E-state index contributed by atoms with van der Waals surface area (Å²) in [5.41, 5.74) is 7.05. The van der Waals surface area contributed by atoms with E-state index in [0.717, 1.165) is 11.3 Å². The van der Waals surface area contributed by atoms with Crippen molar-refractivity contribution < 1.29 is 4.79 Å². The number of Topliss-reactive ketones (excluding diaryl/α,β-unsaturated/α-hetero) is 1. The molecule has 4 nitrogen and oxygen atoms in total. The third-order valence-corrected chi connectivity index (χ3v) is 2.99. The van der Waals surface area contributed by atoms with Gasteiger partial charge in [0.1, 0.15) is 5.82 Å². The van der Waals surface area contributed by atoms with E-state index in [1.54, 1.807) is 0 Å². The molecule has 0 radical (unpaired) electrons. The maximum Gasteiger partial charge on any atom is 0.193 e. The Balaban J connectivity index is 2.25. The van der Waals surface area contributed by atoms with Crippen LogP contribution in [0.1, 0.15) is 35.1 Å². The van der Waals surface area contributed by atoms with Gasteiger partial charge >= 0.3 is 0 Å². The predicted octanol–water partition coefficient (Wildman–Crippen LogP) is 1.35. The maximum absolute atomic E-state index is 11.7. The molecule has 0 aliphatic heterocycles. The molecule has 1 aliphatic carbocycles. The van der Waals surface area contributed by atoms with Crippen molar-refractivity contribution in [1.29, 1.82) is 0 Å². The number of nitrogens with two attached hydrogens (primary N) is 1. The van der Waals surface area contributed by atoms with Crippen molar-refractivity contribution in [3.05, 3.63) is 35.9 Å². The van der Waals surface area contributed by atoms with Crippen LogP contribution < -0.4 is 5.73 Å². The van der Waals surface area contributed by atoms with E-state index in [-0.39, 0.29) is 12.3 Å². The molecule has 3 rings (SSSR count). The van der Waals surface area contributed by atoms with Crippen molar-refractivity contribution in [3.8, 4) is 0 Å². The molecule has 0 atom stereocenters. The summed E-state index contributed by atoms with van der Waals surface area (Å²) in [6, 6.07) is 5.65. The molecular weight excluding hydrogens is 202 g/mol. The summed E-state index contributed by atoms with van der Waals surface area (Å²) >= 11 is 0. The fraction of sp³-hybridized carbons (Fsp3) is 0.333. The summed E-state index contributed by atoms with van der Waals surface area (Å²) in [6.07, 6.45) is 4.16. The highest BCUT2D eigenvalue weighted by molar-refractivity contribution is 5.96. The van der Waals surface area contributed by atoms with Gasteiger partial charge in [0, 0.05) is 5.92 Å². The van der Waals surface area contributed by atoms with Crippen LogP contribution >= 0.6 is 0 Å². The van der Waals surface area contributed by atoms with Crippen LogP contribution in [-0.2, 0) is 0 Å². The number of rotatable bonds is 3. The monoisotopic (exact) mass is 215 g/mol. The Kier molecular flexibility index (Phi) is 2.04. The quantitative estimate of drug-likeness (QED) is 0.786. The van der Waals surface area contributed by atoms with Gasteiger partial charge in [-0.2, -0.15) is 0 Å². The highest BCUT2D eigenvalue weighted by Gasteiger charge is 2.28. The molecule has 2 heterocycles. The molecule has 0 bridgehead atoms. The van der Waals surface area contributed by atoms with Crippen LogP contribution in [0, 0.1) is 0 Å². The van der Waals surface area contributed by atoms with Crippen LogP contribution in [-0.4, -0.2) is 21.7 Å². The van der Waals surface area contributed by atoms with E-state index < -0.39 is 0 Å². The molecule has 0 unspecified atom stereocenters. The molecule has 1 aliphatic rings. The summed E-state index contributed by atoms with van der Waals surface area (Å²) in [5, 5.41) is 0. The smallest absolute Gasteiger partial charge is 0.193 e. The lowest BCUT2D eigenvalue weighted by atomic mass is 10.2. The first-order chi connectivity index (χ1) is 7.81. The fourth-order valence-corrected chi connectivity index (χ4v) is 2.02. The number of hydrogen-bond acceptors (Lipinski definition) is 3. The first-order valence-corrected chi connectivity index (χ1v) is 5.51. The first-order valence-electron chi connectivity index (χ1n) is 5.51. The van der Waals surface area contributed by atoms with Crippen LogP contribution in [0.25, 0.3) is 5.52 Å². The number of carbonyl (C=O) groups is 1. The van der Waals surface area contributed by atoms with E-state index in [1.807, 2.05) is 28.8 Å². The van der Waals surface area contributed by atoms with Gasteiger partial charge in [0.05, 0.1) is 24.0 Å². The zero-order valence-electron chi connectivity index (χ0n) is 8.89. The van der Waals surface area contributed by atoms with Crippen molar-refractivity contribution in [2.24, 2.45) is 5.73 Å². The second-order valence-corrected chi connectivity index (χ2v) is 4.19. The lowest BCUT2D eigenvalue weighted by Gasteiger charge is -2.06. The number of hydrogen-bond donors (Lipinski definition) is 1. The van der Waals surface area contributed by atoms with Crippen molar-refractivity contribution >= 4 is 11.3 Å². The summed E-state index contributed by atoms with van der Waals surface area (Å²) in [4.78, 5) is 16.2. The van der Waals surface area contributed by atoms with Gasteiger partial charge in [-0.1, -0.05) is 6.07 Å². The van der Waals surface area contributed by atoms with Crippen molar-refractivity contribution in [3.63, 3.8) is 0 Å². The average molecular weight is 215 g/mol. The molecule has 16 heavy (non-hydrogen) atoms. The van der Waals surface area contributed by atoms with E-state index >= 15 is 0 Å². The fourth-order valence-electron chi connectivity index (χ4n) is 2.02. The molecule has 2 aromatic heterocycles. The molecule has 2 N–H and O–H groups in total. The normalized spacial score (nSPS) is 15.6.